The van der Waals surface area contributed by atoms with Crippen LogP contribution < -0.4 is 9.47 Å². The van der Waals surface area contributed by atoms with E-state index in [9.17, 15) is 15.1 Å². The Bertz CT molecular complexity index is 1160. The Morgan fingerprint density at radius 2 is 1.87 bits per heavy atom. The fourth-order valence-electron chi connectivity index (χ4n) is 4.04. The van der Waals surface area contributed by atoms with Crippen LogP contribution >= 0.6 is 15.9 Å². The molecule has 1 aromatic carbocycles. The fourth-order valence-corrected chi connectivity index (χ4v) is 4.39. The third-order valence-corrected chi connectivity index (χ3v) is 6.06. The molecule has 0 saturated carbocycles. The molecule has 10 heteroatoms. The predicted molar refractivity (Wildman–Crippen MR) is 113 cm³/mol. The number of benzene rings is 1. The number of fused-ring (bicyclic) bond motifs is 1. The lowest BCUT2D eigenvalue weighted by atomic mass is 9.96. The Labute approximate surface area is 186 Å². The molecule has 0 atom stereocenters. The third kappa shape index (κ3) is 3.56. The molecule has 4 heterocycles. The minimum atomic E-state index is -0.925. The first-order chi connectivity index (χ1) is 15.0. The van der Waals surface area contributed by atoms with Crippen molar-refractivity contribution in [1.82, 2.24) is 19.6 Å². The van der Waals surface area contributed by atoms with Crippen LogP contribution in [0.25, 0.3) is 22.6 Å². The lowest BCUT2D eigenvalue weighted by Crippen LogP contribution is -2.37. The summed E-state index contributed by atoms with van der Waals surface area (Å²) < 4.78 is 12.7. The number of rotatable bonds is 3. The van der Waals surface area contributed by atoms with Crippen molar-refractivity contribution in [3.05, 3.63) is 46.8 Å². The molecule has 0 bridgehead atoms. The van der Waals surface area contributed by atoms with E-state index in [2.05, 4.69) is 20.9 Å². The molecule has 0 unspecified atom stereocenters. The van der Waals surface area contributed by atoms with Gasteiger partial charge < -0.3 is 24.7 Å². The van der Waals surface area contributed by atoms with Gasteiger partial charge in [0.15, 0.2) is 11.5 Å². The number of carbonyl (C=O) groups is 1. The van der Waals surface area contributed by atoms with Crippen molar-refractivity contribution in [2.24, 2.45) is 0 Å². The van der Waals surface area contributed by atoms with E-state index in [4.69, 9.17) is 14.5 Å². The zero-order valence-electron chi connectivity index (χ0n) is 16.4. The quantitative estimate of drug-likeness (QED) is 0.421. The van der Waals surface area contributed by atoms with Crippen LogP contribution in [-0.4, -0.2) is 55.9 Å². The molecular weight excluding hydrogens is 468 g/mol. The standard InChI is InChI=1S/C21H19BrN4O5/c22-17-3-1-2-14(23-17)18-19(13-4-5-15-16(10-13)31-11-30-15)26(29)20(24-18)12-6-8-25(9-7-12)21(27)28/h1-5,10,12,29H,6-9,11H2,(H,27,28). The first-order valence-corrected chi connectivity index (χ1v) is 10.6. The van der Waals surface area contributed by atoms with Crippen LogP contribution in [0.5, 0.6) is 11.5 Å². The van der Waals surface area contributed by atoms with Gasteiger partial charge in [-0.25, -0.2) is 14.8 Å². The number of aromatic nitrogens is 3. The van der Waals surface area contributed by atoms with E-state index in [0.29, 0.717) is 70.5 Å². The summed E-state index contributed by atoms with van der Waals surface area (Å²) in [7, 11) is 0. The summed E-state index contributed by atoms with van der Waals surface area (Å²) in [5.41, 5.74) is 2.36. The maximum atomic E-state index is 11.2. The Morgan fingerprint density at radius 1 is 1.10 bits per heavy atom. The molecule has 0 spiro atoms. The van der Waals surface area contributed by atoms with Gasteiger partial charge in [-0.05, 0) is 59.1 Å². The number of piperidine rings is 1. The average Bonchev–Trinajstić information content (AvgIpc) is 3.37. The number of likely N-dealkylation sites (tertiary alicyclic amines) is 1. The number of hydrogen-bond acceptors (Lipinski definition) is 6. The first-order valence-electron chi connectivity index (χ1n) is 9.84. The Balaban J connectivity index is 1.60. The van der Waals surface area contributed by atoms with Crippen LogP contribution in [0.1, 0.15) is 24.6 Å². The van der Waals surface area contributed by atoms with Crippen molar-refractivity contribution >= 4 is 22.0 Å². The lowest BCUT2D eigenvalue weighted by molar-refractivity contribution is 0.125. The molecule has 2 aromatic heterocycles. The highest BCUT2D eigenvalue weighted by Gasteiger charge is 2.31. The fraction of sp³-hybridized carbons (Fsp3) is 0.286. The first kappa shape index (κ1) is 19.7. The summed E-state index contributed by atoms with van der Waals surface area (Å²) in [5, 5.41) is 20.4. The van der Waals surface area contributed by atoms with Crippen LogP contribution in [0, 0.1) is 0 Å². The second-order valence-electron chi connectivity index (χ2n) is 7.44. The molecule has 1 saturated heterocycles. The van der Waals surface area contributed by atoms with Gasteiger partial charge in [-0.15, -0.1) is 0 Å². The average molecular weight is 487 g/mol. The largest absolute Gasteiger partial charge is 0.465 e. The van der Waals surface area contributed by atoms with Crippen molar-refractivity contribution in [3.63, 3.8) is 0 Å². The highest BCUT2D eigenvalue weighted by Crippen LogP contribution is 2.40. The zero-order chi connectivity index (χ0) is 21.5. The molecule has 0 radical (unpaired) electrons. The van der Waals surface area contributed by atoms with Crippen LogP contribution in [0.3, 0.4) is 0 Å². The summed E-state index contributed by atoms with van der Waals surface area (Å²) in [6.07, 6.45) is 0.233. The number of pyridine rings is 1. The maximum Gasteiger partial charge on any atom is 0.407 e. The number of nitrogens with zero attached hydrogens (tertiary/aromatic N) is 4. The summed E-state index contributed by atoms with van der Waals surface area (Å²) in [5.74, 6) is 1.67. The minimum Gasteiger partial charge on any atom is -0.465 e. The van der Waals surface area contributed by atoms with E-state index in [1.165, 1.54) is 4.90 Å². The van der Waals surface area contributed by atoms with Gasteiger partial charge in [0, 0.05) is 24.6 Å². The molecule has 9 nitrogen and oxygen atoms in total. The van der Waals surface area contributed by atoms with E-state index in [1.807, 2.05) is 30.3 Å². The molecule has 31 heavy (non-hydrogen) atoms. The number of carboxylic acid groups (broad SMARTS) is 1. The van der Waals surface area contributed by atoms with Gasteiger partial charge in [-0.3, -0.25) is 0 Å². The molecule has 160 valence electrons. The third-order valence-electron chi connectivity index (χ3n) is 5.61. The molecule has 2 aliphatic rings. The van der Waals surface area contributed by atoms with Crippen molar-refractivity contribution < 1.29 is 24.6 Å². The normalized spacial score (nSPS) is 16.0. The molecule has 2 aliphatic heterocycles. The van der Waals surface area contributed by atoms with Gasteiger partial charge in [-0.1, -0.05) is 6.07 Å². The van der Waals surface area contributed by atoms with Gasteiger partial charge in [0.1, 0.15) is 21.8 Å². The zero-order valence-corrected chi connectivity index (χ0v) is 17.9. The number of halogens is 1. The second kappa shape index (κ2) is 7.77. The van der Waals surface area contributed by atoms with Crippen molar-refractivity contribution in [1.29, 1.82) is 0 Å². The highest BCUT2D eigenvalue weighted by molar-refractivity contribution is 9.10. The van der Waals surface area contributed by atoms with E-state index in [-0.39, 0.29) is 12.7 Å². The van der Waals surface area contributed by atoms with E-state index in [0.717, 1.165) is 4.73 Å². The summed E-state index contributed by atoms with van der Waals surface area (Å²) in [6, 6.07) is 11.0. The van der Waals surface area contributed by atoms with Gasteiger partial charge in [0.05, 0.1) is 5.69 Å². The summed E-state index contributed by atoms with van der Waals surface area (Å²) in [4.78, 5) is 21.9. The van der Waals surface area contributed by atoms with Crippen molar-refractivity contribution in [3.8, 4) is 34.1 Å². The van der Waals surface area contributed by atoms with Crippen LogP contribution in [0.15, 0.2) is 41.0 Å². The molecule has 5 rings (SSSR count). The topological polar surface area (TPSA) is 110 Å². The Hall–Kier alpha value is -3.27. The summed E-state index contributed by atoms with van der Waals surface area (Å²) >= 11 is 3.40. The molecular formula is C21H19BrN4O5. The maximum absolute atomic E-state index is 11.2. The van der Waals surface area contributed by atoms with Gasteiger partial charge in [0.2, 0.25) is 6.79 Å². The predicted octanol–water partition coefficient (Wildman–Crippen LogP) is 4.20. The van der Waals surface area contributed by atoms with Crippen LogP contribution in [0.2, 0.25) is 0 Å². The Kier molecular flexibility index (Phi) is 4.93. The molecule has 2 N–H and O–H groups in total. The van der Waals surface area contributed by atoms with Gasteiger partial charge in [0.25, 0.3) is 0 Å². The number of imidazole rings is 1. The molecule has 1 amide bonds. The van der Waals surface area contributed by atoms with Crippen molar-refractivity contribution in [2.75, 3.05) is 19.9 Å². The monoisotopic (exact) mass is 486 g/mol. The minimum absolute atomic E-state index is 0.0748. The smallest absolute Gasteiger partial charge is 0.407 e. The van der Waals surface area contributed by atoms with Crippen LogP contribution in [0.4, 0.5) is 4.79 Å². The second-order valence-corrected chi connectivity index (χ2v) is 8.25. The highest BCUT2D eigenvalue weighted by atomic mass is 79.9. The van der Waals surface area contributed by atoms with Crippen LogP contribution in [-0.2, 0) is 0 Å². The lowest BCUT2D eigenvalue weighted by Gasteiger charge is -2.29. The summed E-state index contributed by atoms with van der Waals surface area (Å²) in [6.45, 7) is 0.956. The van der Waals surface area contributed by atoms with E-state index >= 15 is 0 Å². The number of amides is 1. The van der Waals surface area contributed by atoms with Gasteiger partial charge in [-0.2, -0.15) is 4.73 Å². The SMILES string of the molecule is O=C(O)N1CCC(c2nc(-c3cccc(Br)n3)c(-c3ccc4c(c3)OCO4)n2O)CC1. The van der Waals surface area contributed by atoms with E-state index in [1.54, 1.807) is 6.07 Å². The Morgan fingerprint density at radius 3 is 2.61 bits per heavy atom. The molecule has 1 fully saturated rings. The van der Waals surface area contributed by atoms with Crippen molar-refractivity contribution in [2.45, 2.75) is 18.8 Å². The van der Waals surface area contributed by atoms with Gasteiger partial charge >= 0.3 is 6.09 Å². The molecule has 0 aliphatic carbocycles. The molecule has 3 aromatic rings. The number of ether oxygens (including phenoxy) is 2. The number of hydrogen-bond donors (Lipinski definition) is 2. The van der Waals surface area contributed by atoms with E-state index < -0.39 is 6.09 Å².